The summed E-state index contributed by atoms with van der Waals surface area (Å²) in [7, 11) is 0. The molecule has 4 aliphatic rings. The van der Waals surface area contributed by atoms with Crippen LogP contribution in [0.1, 0.15) is 51.0 Å². The van der Waals surface area contributed by atoms with Crippen molar-refractivity contribution in [2.45, 2.75) is 50.9 Å². The van der Waals surface area contributed by atoms with Gasteiger partial charge < -0.3 is 5.11 Å². The van der Waals surface area contributed by atoms with Crippen molar-refractivity contribution < 1.29 is 9.90 Å². The Labute approximate surface area is 120 Å². The Balaban J connectivity index is 1.85. The van der Waals surface area contributed by atoms with Crippen molar-refractivity contribution in [2.24, 2.45) is 16.7 Å². The molecular weight excluding hydrogens is 248 g/mol. The third kappa shape index (κ3) is 1.54. The highest BCUT2D eigenvalue weighted by Gasteiger charge is 2.64. The van der Waals surface area contributed by atoms with Crippen LogP contribution in [0, 0.1) is 16.7 Å². The van der Waals surface area contributed by atoms with Gasteiger partial charge in [-0.1, -0.05) is 37.3 Å². The third-order valence-corrected chi connectivity index (χ3v) is 6.19. The molecule has 0 aliphatic heterocycles. The Kier molecular flexibility index (Phi) is 2.28. The highest BCUT2D eigenvalue weighted by molar-refractivity contribution is 5.76. The maximum absolute atomic E-state index is 12.0. The molecule has 0 aromatic heterocycles. The van der Waals surface area contributed by atoms with Crippen molar-refractivity contribution in [3.05, 3.63) is 35.9 Å². The van der Waals surface area contributed by atoms with E-state index in [4.69, 9.17) is 0 Å². The van der Waals surface area contributed by atoms with Crippen molar-refractivity contribution in [2.75, 3.05) is 0 Å². The number of benzene rings is 1. The monoisotopic (exact) mass is 270 g/mol. The van der Waals surface area contributed by atoms with Gasteiger partial charge >= 0.3 is 5.97 Å². The summed E-state index contributed by atoms with van der Waals surface area (Å²) in [5.74, 6) is 0.0562. The summed E-state index contributed by atoms with van der Waals surface area (Å²) in [5.41, 5.74) is 1.27. The van der Waals surface area contributed by atoms with Crippen LogP contribution in [0.3, 0.4) is 0 Å². The van der Waals surface area contributed by atoms with E-state index < -0.39 is 11.4 Å². The normalized spacial score (nSPS) is 45.5. The summed E-state index contributed by atoms with van der Waals surface area (Å²) < 4.78 is 0. The van der Waals surface area contributed by atoms with Crippen LogP contribution in [0.25, 0.3) is 0 Å². The van der Waals surface area contributed by atoms with Gasteiger partial charge in [0.05, 0.1) is 5.41 Å². The summed E-state index contributed by atoms with van der Waals surface area (Å²) in [5, 5.41) is 9.85. The van der Waals surface area contributed by atoms with Gasteiger partial charge in [0.15, 0.2) is 0 Å². The lowest BCUT2D eigenvalue weighted by molar-refractivity contribution is -0.176. The average Bonchev–Trinajstić information content (AvgIpc) is 2.37. The second-order valence-corrected chi connectivity index (χ2v) is 8.05. The Morgan fingerprint density at radius 1 is 1.10 bits per heavy atom. The predicted molar refractivity (Wildman–Crippen MR) is 77.5 cm³/mol. The van der Waals surface area contributed by atoms with Gasteiger partial charge in [0.25, 0.3) is 0 Å². The third-order valence-electron chi connectivity index (χ3n) is 6.19. The van der Waals surface area contributed by atoms with E-state index in [0.717, 1.165) is 19.3 Å². The zero-order valence-corrected chi connectivity index (χ0v) is 12.1. The van der Waals surface area contributed by atoms with Crippen LogP contribution in [0.15, 0.2) is 30.3 Å². The lowest BCUT2D eigenvalue weighted by atomic mass is 9.39. The number of rotatable bonds is 2. The molecule has 3 unspecified atom stereocenters. The van der Waals surface area contributed by atoms with Crippen LogP contribution < -0.4 is 0 Å². The summed E-state index contributed by atoms with van der Waals surface area (Å²) >= 11 is 0. The SMILES string of the molecule is CC12CC3CC(c4ccccc4)(C1)C[C@@](C(=O)O)(C3)C2. The molecule has 4 bridgehead atoms. The molecule has 1 N–H and O–H groups in total. The van der Waals surface area contributed by atoms with E-state index in [1.54, 1.807) is 0 Å². The second kappa shape index (κ2) is 3.66. The zero-order valence-electron chi connectivity index (χ0n) is 12.1. The van der Waals surface area contributed by atoms with Crippen LogP contribution in [-0.2, 0) is 10.2 Å². The van der Waals surface area contributed by atoms with Crippen LogP contribution in [0.4, 0.5) is 0 Å². The highest BCUT2D eigenvalue weighted by atomic mass is 16.4. The molecule has 0 saturated heterocycles. The summed E-state index contributed by atoms with van der Waals surface area (Å²) in [6.07, 6.45) is 6.26. The average molecular weight is 270 g/mol. The Hall–Kier alpha value is -1.31. The topological polar surface area (TPSA) is 37.3 Å². The molecule has 106 valence electrons. The van der Waals surface area contributed by atoms with Gasteiger partial charge in [-0.3, -0.25) is 4.79 Å². The van der Waals surface area contributed by atoms with E-state index in [1.165, 1.54) is 24.8 Å². The molecule has 1 aromatic carbocycles. The smallest absolute Gasteiger partial charge is 0.309 e. The first kappa shape index (κ1) is 12.4. The summed E-state index contributed by atoms with van der Waals surface area (Å²) in [4.78, 5) is 12.0. The minimum atomic E-state index is -0.548. The van der Waals surface area contributed by atoms with Gasteiger partial charge in [0.1, 0.15) is 0 Å². The minimum Gasteiger partial charge on any atom is -0.481 e. The van der Waals surface area contributed by atoms with Crippen LogP contribution in [0.5, 0.6) is 0 Å². The molecule has 1 aromatic rings. The van der Waals surface area contributed by atoms with Crippen molar-refractivity contribution in [1.82, 2.24) is 0 Å². The summed E-state index contributed by atoms with van der Waals surface area (Å²) in [6, 6.07) is 10.7. The van der Waals surface area contributed by atoms with Crippen molar-refractivity contribution >= 4 is 5.97 Å². The molecule has 20 heavy (non-hydrogen) atoms. The van der Waals surface area contributed by atoms with Gasteiger partial charge in [-0.2, -0.15) is 0 Å². The largest absolute Gasteiger partial charge is 0.481 e. The fourth-order valence-corrected chi connectivity index (χ4v) is 6.27. The van der Waals surface area contributed by atoms with E-state index in [2.05, 4.69) is 37.3 Å². The van der Waals surface area contributed by atoms with Gasteiger partial charge in [-0.05, 0) is 60.8 Å². The molecular formula is C18H22O2. The van der Waals surface area contributed by atoms with E-state index in [0.29, 0.717) is 5.92 Å². The first-order chi connectivity index (χ1) is 9.46. The lowest BCUT2D eigenvalue weighted by Crippen LogP contribution is -2.60. The summed E-state index contributed by atoms with van der Waals surface area (Å²) in [6.45, 7) is 2.33. The molecule has 2 heteroatoms. The lowest BCUT2D eigenvalue weighted by Gasteiger charge is -2.64. The molecule has 2 nitrogen and oxygen atoms in total. The molecule has 4 aliphatic carbocycles. The number of carboxylic acids is 1. The van der Waals surface area contributed by atoms with Gasteiger partial charge in [0.2, 0.25) is 0 Å². The second-order valence-electron chi connectivity index (χ2n) is 8.05. The fraction of sp³-hybridized carbons (Fsp3) is 0.611. The van der Waals surface area contributed by atoms with E-state index in [1.807, 2.05) is 0 Å². The predicted octanol–water partition coefficient (Wildman–Crippen LogP) is 4.00. The van der Waals surface area contributed by atoms with Crippen molar-refractivity contribution in [1.29, 1.82) is 0 Å². The Morgan fingerprint density at radius 2 is 1.85 bits per heavy atom. The van der Waals surface area contributed by atoms with Gasteiger partial charge in [-0.15, -0.1) is 0 Å². The number of hydrogen-bond acceptors (Lipinski definition) is 1. The van der Waals surface area contributed by atoms with E-state index in [-0.39, 0.29) is 10.8 Å². The van der Waals surface area contributed by atoms with Crippen LogP contribution in [-0.4, -0.2) is 11.1 Å². The zero-order chi connectivity index (χ0) is 14.0. The standard InChI is InChI=1S/C18H22O2/c1-16-7-13-8-17(10-16,14-5-3-2-4-6-14)12-18(9-13,11-16)15(19)20/h2-6,13H,7-12H2,1H3,(H,19,20)/t13?,16?,17?,18-/m1/s1. The molecule has 4 saturated carbocycles. The number of carboxylic acid groups (broad SMARTS) is 1. The molecule has 0 radical (unpaired) electrons. The van der Waals surface area contributed by atoms with Gasteiger partial charge in [0, 0.05) is 0 Å². The number of hydrogen-bond donors (Lipinski definition) is 1. The van der Waals surface area contributed by atoms with Gasteiger partial charge in [-0.25, -0.2) is 0 Å². The molecule has 4 atom stereocenters. The van der Waals surface area contributed by atoms with Crippen molar-refractivity contribution in [3.8, 4) is 0 Å². The van der Waals surface area contributed by atoms with E-state index >= 15 is 0 Å². The molecule has 4 fully saturated rings. The Morgan fingerprint density at radius 3 is 2.50 bits per heavy atom. The first-order valence-corrected chi connectivity index (χ1v) is 7.75. The Bertz CT molecular complexity index is 566. The highest BCUT2D eigenvalue weighted by Crippen LogP contribution is 2.69. The number of aliphatic carboxylic acids is 1. The van der Waals surface area contributed by atoms with Crippen LogP contribution in [0.2, 0.25) is 0 Å². The quantitative estimate of drug-likeness (QED) is 0.882. The molecule has 0 spiro atoms. The molecule has 0 heterocycles. The maximum Gasteiger partial charge on any atom is 0.309 e. The molecule has 5 rings (SSSR count). The van der Waals surface area contributed by atoms with Crippen LogP contribution >= 0.6 is 0 Å². The molecule has 0 amide bonds. The fourth-order valence-electron chi connectivity index (χ4n) is 6.27. The number of carbonyl (C=O) groups is 1. The maximum atomic E-state index is 12.0. The van der Waals surface area contributed by atoms with Crippen molar-refractivity contribution in [3.63, 3.8) is 0 Å². The minimum absolute atomic E-state index is 0.119. The van der Waals surface area contributed by atoms with E-state index in [9.17, 15) is 9.90 Å². The first-order valence-electron chi connectivity index (χ1n) is 7.75.